The van der Waals surface area contributed by atoms with Gasteiger partial charge in [0.05, 0.1) is 4.47 Å². The summed E-state index contributed by atoms with van der Waals surface area (Å²) in [4.78, 5) is 4.13. The van der Waals surface area contributed by atoms with Crippen LogP contribution in [0, 0.1) is 0 Å². The number of hydrogen-bond donors (Lipinski definition) is 0. The molecule has 0 aliphatic rings. The number of rotatable bonds is 1. The van der Waals surface area contributed by atoms with Crippen LogP contribution in [0.15, 0.2) is 45.6 Å². The van der Waals surface area contributed by atoms with E-state index in [4.69, 9.17) is 11.6 Å². The van der Waals surface area contributed by atoms with Crippen LogP contribution in [0.4, 0.5) is 0 Å². The highest BCUT2D eigenvalue weighted by atomic mass is 79.9. The van der Waals surface area contributed by atoms with Crippen molar-refractivity contribution in [2.75, 3.05) is 0 Å². The highest BCUT2D eigenvalue weighted by molar-refractivity contribution is 9.13. The van der Waals surface area contributed by atoms with Crippen LogP contribution >= 0.6 is 43.5 Å². The molecule has 1 aromatic heterocycles. The van der Waals surface area contributed by atoms with Gasteiger partial charge in [0, 0.05) is 16.8 Å². The maximum Gasteiger partial charge on any atom is 0.120 e. The third kappa shape index (κ3) is 2.41. The third-order valence-corrected chi connectivity index (χ3v) is 4.19. The quantitative estimate of drug-likeness (QED) is 0.667. The molecule has 0 spiro atoms. The van der Waals surface area contributed by atoms with E-state index in [0.29, 0.717) is 0 Å². The largest absolute Gasteiger partial charge is 0.248 e. The molecule has 0 amide bonds. The molecule has 2 rings (SSSR count). The minimum Gasteiger partial charge on any atom is -0.248 e. The van der Waals surface area contributed by atoms with Crippen molar-refractivity contribution in [1.29, 1.82) is 0 Å². The van der Waals surface area contributed by atoms with E-state index in [1.54, 1.807) is 6.20 Å². The van der Waals surface area contributed by atoms with E-state index in [0.717, 1.165) is 25.2 Å². The SMILES string of the molecule is Clc1ccc(-c2ccnc(Br)c2Br)cc1. The number of hydrogen-bond acceptors (Lipinski definition) is 1. The highest BCUT2D eigenvalue weighted by Gasteiger charge is 2.06. The van der Waals surface area contributed by atoms with E-state index in [9.17, 15) is 0 Å². The summed E-state index contributed by atoms with van der Waals surface area (Å²) in [6, 6.07) is 9.66. The lowest BCUT2D eigenvalue weighted by Crippen LogP contribution is -1.83. The Hall–Kier alpha value is -0.380. The maximum absolute atomic E-state index is 5.84. The van der Waals surface area contributed by atoms with E-state index in [1.165, 1.54) is 0 Å². The van der Waals surface area contributed by atoms with Crippen LogP contribution in [0.3, 0.4) is 0 Å². The van der Waals surface area contributed by atoms with Gasteiger partial charge in [-0.2, -0.15) is 0 Å². The molecule has 1 heterocycles. The molecule has 0 saturated heterocycles. The summed E-state index contributed by atoms with van der Waals surface area (Å²) >= 11 is 12.7. The lowest BCUT2D eigenvalue weighted by Gasteiger charge is -2.05. The predicted octanol–water partition coefficient (Wildman–Crippen LogP) is 4.93. The fourth-order valence-electron chi connectivity index (χ4n) is 1.27. The lowest BCUT2D eigenvalue weighted by molar-refractivity contribution is 1.26. The van der Waals surface area contributed by atoms with Crippen LogP contribution in [0.1, 0.15) is 0 Å². The third-order valence-electron chi connectivity index (χ3n) is 2.00. The average Bonchev–Trinajstić information content (AvgIpc) is 2.24. The van der Waals surface area contributed by atoms with Crippen molar-refractivity contribution in [2.45, 2.75) is 0 Å². The van der Waals surface area contributed by atoms with Gasteiger partial charge in [0.15, 0.2) is 0 Å². The fraction of sp³-hybridized carbons (Fsp3) is 0. The monoisotopic (exact) mass is 345 g/mol. The molecule has 0 saturated carbocycles. The van der Waals surface area contributed by atoms with Crippen molar-refractivity contribution < 1.29 is 0 Å². The standard InChI is InChI=1S/C11H6Br2ClN/c12-10-9(5-6-15-11(10)13)7-1-3-8(14)4-2-7/h1-6H. The molecule has 0 aliphatic carbocycles. The number of benzene rings is 1. The summed E-state index contributed by atoms with van der Waals surface area (Å²) in [5.41, 5.74) is 2.20. The summed E-state index contributed by atoms with van der Waals surface area (Å²) in [7, 11) is 0. The van der Waals surface area contributed by atoms with E-state index < -0.39 is 0 Å². The first-order chi connectivity index (χ1) is 7.18. The molecule has 0 bridgehead atoms. The topological polar surface area (TPSA) is 12.9 Å². The van der Waals surface area contributed by atoms with Gasteiger partial charge < -0.3 is 0 Å². The van der Waals surface area contributed by atoms with Gasteiger partial charge in [-0.05, 0) is 55.6 Å². The molecule has 0 atom stereocenters. The maximum atomic E-state index is 5.84. The van der Waals surface area contributed by atoms with Crippen LogP contribution < -0.4 is 0 Å². The Kier molecular flexibility index (Phi) is 3.44. The van der Waals surface area contributed by atoms with Crippen LogP contribution in [-0.2, 0) is 0 Å². The van der Waals surface area contributed by atoms with Gasteiger partial charge in [-0.3, -0.25) is 0 Å². The molecule has 0 fully saturated rings. The molecule has 1 nitrogen and oxygen atoms in total. The Bertz CT molecular complexity index is 482. The summed E-state index contributed by atoms with van der Waals surface area (Å²) in [6.45, 7) is 0. The molecule has 15 heavy (non-hydrogen) atoms. The predicted molar refractivity (Wildman–Crippen MR) is 70.1 cm³/mol. The average molecular weight is 347 g/mol. The van der Waals surface area contributed by atoms with Gasteiger partial charge >= 0.3 is 0 Å². The zero-order valence-corrected chi connectivity index (χ0v) is 11.5. The normalized spacial score (nSPS) is 10.3. The first-order valence-electron chi connectivity index (χ1n) is 4.24. The van der Waals surface area contributed by atoms with Crippen molar-refractivity contribution in [2.24, 2.45) is 0 Å². The number of halogens is 3. The van der Waals surface area contributed by atoms with Crippen LogP contribution in [-0.4, -0.2) is 4.98 Å². The molecule has 4 heteroatoms. The zero-order valence-electron chi connectivity index (χ0n) is 7.55. The van der Waals surface area contributed by atoms with Crippen LogP contribution in [0.2, 0.25) is 5.02 Å². The second kappa shape index (κ2) is 4.64. The molecule has 0 radical (unpaired) electrons. The van der Waals surface area contributed by atoms with E-state index in [2.05, 4.69) is 36.8 Å². The summed E-state index contributed by atoms with van der Waals surface area (Å²) in [5, 5.41) is 0.739. The number of nitrogens with zero attached hydrogens (tertiary/aromatic N) is 1. The van der Waals surface area contributed by atoms with Crippen molar-refractivity contribution in [3.05, 3.63) is 50.6 Å². The molecular formula is C11H6Br2ClN. The second-order valence-corrected chi connectivity index (χ2v) is 4.95. The smallest absolute Gasteiger partial charge is 0.120 e. The lowest BCUT2D eigenvalue weighted by atomic mass is 10.1. The Labute approximate surface area is 110 Å². The summed E-state index contributed by atoms with van der Waals surface area (Å²) in [6.07, 6.45) is 1.76. The Morgan fingerprint density at radius 3 is 2.33 bits per heavy atom. The fourth-order valence-corrected chi connectivity index (χ4v) is 2.19. The molecular weight excluding hydrogens is 341 g/mol. The number of pyridine rings is 1. The molecule has 0 unspecified atom stereocenters. The molecule has 0 aliphatic heterocycles. The summed E-state index contributed by atoms with van der Waals surface area (Å²) < 4.78 is 1.75. The van der Waals surface area contributed by atoms with E-state index in [-0.39, 0.29) is 0 Å². The number of aromatic nitrogens is 1. The van der Waals surface area contributed by atoms with Crippen LogP contribution in [0.25, 0.3) is 11.1 Å². The molecule has 0 N–H and O–H groups in total. The van der Waals surface area contributed by atoms with Gasteiger partial charge in [0.1, 0.15) is 4.60 Å². The summed E-state index contributed by atoms with van der Waals surface area (Å²) in [5.74, 6) is 0. The van der Waals surface area contributed by atoms with Gasteiger partial charge in [0.25, 0.3) is 0 Å². The van der Waals surface area contributed by atoms with Gasteiger partial charge in [-0.1, -0.05) is 23.7 Å². The van der Waals surface area contributed by atoms with Gasteiger partial charge in [-0.15, -0.1) is 0 Å². The Morgan fingerprint density at radius 2 is 1.67 bits per heavy atom. The van der Waals surface area contributed by atoms with Gasteiger partial charge in [0.2, 0.25) is 0 Å². The Morgan fingerprint density at radius 1 is 1.00 bits per heavy atom. The molecule has 1 aromatic carbocycles. The van der Waals surface area contributed by atoms with Crippen molar-refractivity contribution in [3.63, 3.8) is 0 Å². The second-order valence-electron chi connectivity index (χ2n) is 2.97. The van der Waals surface area contributed by atoms with Crippen molar-refractivity contribution >= 4 is 43.5 Å². The van der Waals surface area contributed by atoms with E-state index in [1.807, 2.05) is 30.3 Å². The molecule has 76 valence electrons. The first kappa shape index (κ1) is 11.1. The van der Waals surface area contributed by atoms with Crippen molar-refractivity contribution in [3.8, 4) is 11.1 Å². The zero-order chi connectivity index (χ0) is 10.8. The van der Waals surface area contributed by atoms with Crippen LogP contribution in [0.5, 0.6) is 0 Å². The van der Waals surface area contributed by atoms with E-state index >= 15 is 0 Å². The van der Waals surface area contributed by atoms with Crippen molar-refractivity contribution in [1.82, 2.24) is 4.98 Å². The minimum absolute atomic E-state index is 0.739. The highest BCUT2D eigenvalue weighted by Crippen LogP contribution is 2.32. The molecule has 2 aromatic rings. The Balaban J connectivity index is 2.54. The van der Waals surface area contributed by atoms with Gasteiger partial charge in [-0.25, -0.2) is 4.98 Å². The first-order valence-corrected chi connectivity index (χ1v) is 6.21. The minimum atomic E-state index is 0.739.